The maximum atomic E-state index is 11.2. The summed E-state index contributed by atoms with van der Waals surface area (Å²) >= 11 is 7.90. The highest BCUT2D eigenvalue weighted by Crippen LogP contribution is 2.56. The maximum Gasteiger partial charge on any atom is 0.305 e. The first-order valence-corrected chi connectivity index (χ1v) is 11.5. The molecule has 0 saturated heterocycles. The van der Waals surface area contributed by atoms with Gasteiger partial charge in [0.15, 0.2) is 0 Å². The van der Waals surface area contributed by atoms with E-state index in [4.69, 9.17) is 11.8 Å². The smallest absolute Gasteiger partial charge is 0.305 e. The molecular weight excluding hydrogens is 331 g/mol. The summed E-state index contributed by atoms with van der Waals surface area (Å²) in [7, 11) is 1.42. The number of esters is 1. The molecule has 0 radical (unpaired) electrons. The number of rotatable bonds is 7. The number of carbonyl (C=O) groups is 1. The predicted octanol–water partition coefficient (Wildman–Crippen LogP) is 3.72. The monoisotopic (exact) mass is 350 g/mol. The van der Waals surface area contributed by atoms with Gasteiger partial charge in [-0.25, -0.2) is 0 Å². The van der Waals surface area contributed by atoms with Crippen molar-refractivity contribution in [3.05, 3.63) is 60.7 Å². The van der Waals surface area contributed by atoms with E-state index in [1.165, 1.54) is 17.7 Å². The van der Waals surface area contributed by atoms with Crippen molar-refractivity contribution in [2.45, 2.75) is 12.8 Å². The molecule has 0 N–H and O–H groups in total. The van der Waals surface area contributed by atoms with Crippen LogP contribution in [0.3, 0.4) is 0 Å². The van der Waals surface area contributed by atoms with Gasteiger partial charge in [-0.05, 0) is 22.8 Å². The van der Waals surface area contributed by atoms with Gasteiger partial charge >= 0.3 is 5.97 Å². The lowest BCUT2D eigenvalue weighted by Gasteiger charge is -2.22. The van der Waals surface area contributed by atoms with Crippen LogP contribution in [0, 0.1) is 0 Å². The Labute approximate surface area is 141 Å². The lowest BCUT2D eigenvalue weighted by atomic mass is 10.3. The second-order valence-corrected chi connectivity index (χ2v) is 12.3. The third kappa shape index (κ3) is 4.45. The largest absolute Gasteiger partial charge is 0.469 e. The lowest BCUT2D eigenvalue weighted by molar-refractivity contribution is -0.140. The van der Waals surface area contributed by atoms with Gasteiger partial charge in [0.1, 0.15) is 0 Å². The van der Waals surface area contributed by atoms with Gasteiger partial charge in [0.05, 0.1) is 12.3 Å². The highest BCUT2D eigenvalue weighted by molar-refractivity contribution is 8.75. The van der Waals surface area contributed by atoms with E-state index in [1.54, 1.807) is 11.4 Å². The molecule has 0 aromatic heterocycles. The molecule has 5 heteroatoms. The Bertz CT molecular complexity index is 601. The normalized spacial score (nSPS) is 11.1. The van der Waals surface area contributed by atoms with E-state index in [9.17, 15) is 4.79 Å². The Kier molecular flexibility index (Phi) is 6.69. The van der Waals surface area contributed by atoms with Gasteiger partial charge < -0.3 is 4.74 Å². The van der Waals surface area contributed by atoms with Gasteiger partial charge in [0, 0.05) is 6.42 Å². The fourth-order valence-electron chi connectivity index (χ4n) is 2.06. The summed E-state index contributed by atoms with van der Waals surface area (Å²) in [6.45, 7) is 0. The van der Waals surface area contributed by atoms with E-state index in [-0.39, 0.29) is 5.97 Å². The topological polar surface area (TPSA) is 26.3 Å². The molecule has 0 spiro atoms. The number of methoxy groups -OCH3 is 1. The molecule has 2 aromatic carbocycles. The highest BCUT2D eigenvalue weighted by Gasteiger charge is 2.22. The van der Waals surface area contributed by atoms with Gasteiger partial charge in [0.2, 0.25) is 0 Å². The molecule has 0 saturated carbocycles. The average Bonchev–Trinajstić information content (AvgIpc) is 2.59. The zero-order valence-corrected chi connectivity index (χ0v) is 15.0. The van der Waals surface area contributed by atoms with Crippen molar-refractivity contribution in [3.63, 3.8) is 0 Å². The van der Waals surface area contributed by atoms with Crippen LogP contribution in [0.15, 0.2) is 60.7 Å². The van der Waals surface area contributed by atoms with Gasteiger partial charge in [-0.15, -0.1) is 11.4 Å². The van der Waals surface area contributed by atoms with Crippen LogP contribution in [0.4, 0.5) is 0 Å². The standard InChI is InChI=1S/C17H19O2PS2/c1-19-17(18)13-8-14-22-20(21,15-9-4-2-5-10-15)16-11-6-3-7-12-16/h2-7,9-12H,8,13-14H2,1H3. The fourth-order valence-corrected chi connectivity index (χ4v) is 8.50. The van der Waals surface area contributed by atoms with E-state index >= 15 is 0 Å². The number of hydrogen-bond donors (Lipinski definition) is 0. The van der Waals surface area contributed by atoms with E-state index in [2.05, 4.69) is 29.0 Å². The average molecular weight is 350 g/mol. The van der Waals surface area contributed by atoms with E-state index in [0.717, 1.165) is 12.2 Å². The zero-order chi connectivity index (χ0) is 15.8. The van der Waals surface area contributed by atoms with Crippen LogP contribution in [-0.2, 0) is 21.3 Å². The van der Waals surface area contributed by atoms with Crippen molar-refractivity contribution < 1.29 is 9.53 Å². The minimum absolute atomic E-state index is 0.159. The minimum atomic E-state index is -1.89. The number of carbonyl (C=O) groups excluding carboxylic acids is 1. The first kappa shape index (κ1) is 17.3. The second kappa shape index (κ2) is 8.52. The first-order chi connectivity index (χ1) is 10.7. The summed E-state index contributed by atoms with van der Waals surface area (Å²) in [6, 6.07) is 20.6. The van der Waals surface area contributed by atoms with Crippen LogP contribution < -0.4 is 10.6 Å². The van der Waals surface area contributed by atoms with E-state index in [1.807, 2.05) is 36.4 Å². The van der Waals surface area contributed by atoms with Crippen molar-refractivity contribution in [2.24, 2.45) is 0 Å². The quantitative estimate of drug-likeness (QED) is 0.432. The molecule has 0 bridgehead atoms. The molecule has 2 aromatic rings. The first-order valence-electron chi connectivity index (χ1n) is 7.09. The molecule has 0 aliphatic carbocycles. The molecule has 22 heavy (non-hydrogen) atoms. The van der Waals surface area contributed by atoms with E-state index < -0.39 is 5.24 Å². The summed E-state index contributed by atoms with van der Waals surface area (Å²) in [5.41, 5.74) is 0. The van der Waals surface area contributed by atoms with Crippen LogP contribution in [0.5, 0.6) is 0 Å². The predicted molar refractivity (Wildman–Crippen MR) is 100 cm³/mol. The molecule has 0 unspecified atom stereocenters. The molecule has 116 valence electrons. The van der Waals surface area contributed by atoms with Gasteiger partial charge in [0.25, 0.3) is 0 Å². The Hall–Kier alpha value is -1.09. The van der Waals surface area contributed by atoms with Crippen LogP contribution in [0.2, 0.25) is 0 Å². The molecule has 0 aliphatic rings. The second-order valence-electron chi connectivity index (χ2n) is 4.74. The van der Waals surface area contributed by atoms with Gasteiger partial charge in [-0.3, -0.25) is 4.79 Å². The van der Waals surface area contributed by atoms with Crippen molar-refractivity contribution in [2.75, 3.05) is 12.9 Å². The maximum absolute atomic E-state index is 11.2. The molecule has 0 heterocycles. The van der Waals surface area contributed by atoms with Gasteiger partial charge in [-0.1, -0.05) is 72.5 Å². The van der Waals surface area contributed by atoms with Gasteiger partial charge in [-0.2, -0.15) is 0 Å². The third-order valence-corrected chi connectivity index (χ3v) is 11.1. The number of benzene rings is 2. The Morgan fingerprint density at radius 1 is 1.05 bits per heavy atom. The van der Waals surface area contributed by atoms with Crippen molar-refractivity contribution in [3.8, 4) is 0 Å². The SMILES string of the molecule is COC(=O)CCCSP(=S)(c1ccccc1)c1ccccc1. The molecule has 0 amide bonds. The van der Waals surface area contributed by atoms with Crippen molar-refractivity contribution in [1.29, 1.82) is 0 Å². The van der Waals surface area contributed by atoms with Crippen LogP contribution >= 0.6 is 16.6 Å². The Balaban J connectivity index is 2.17. The van der Waals surface area contributed by atoms with Crippen molar-refractivity contribution >= 4 is 45.0 Å². The summed E-state index contributed by atoms with van der Waals surface area (Å²) < 4.78 is 4.69. The minimum Gasteiger partial charge on any atom is -0.469 e. The van der Waals surface area contributed by atoms with Crippen LogP contribution in [0.1, 0.15) is 12.8 Å². The van der Waals surface area contributed by atoms with Crippen LogP contribution in [-0.4, -0.2) is 18.8 Å². The molecule has 0 aliphatic heterocycles. The highest BCUT2D eigenvalue weighted by atomic mass is 32.9. The fraction of sp³-hybridized carbons (Fsp3) is 0.235. The Morgan fingerprint density at radius 3 is 2.00 bits per heavy atom. The zero-order valence-electron chi connectivity index (χ0n) is 12.5. The number of hydrogen-bond acceptors (Lipinski definition) is 4. The van der Waals surface area contributed by atoms with E-state index in [0.29, 0.717) is 6.42 Å². The molecule has 2 nitrogen and oxygen atoms in total. The Morgan fingerprint density at radius 2 is 1.55 bits per heavy atom. The summed E-state index contributed by atoms with van der Waals surface area (Å²) in [5.74, 6) is 0.698. The van der Waals surface area contributed by atoms with Crippen LogP contribution in [0.25, 0.3) is 0 Å². The summed E-state index contributed by atoms with van der Waals surface area (Å²) in [5, 5.41) is 0.521. The summed E-state index contributed by atoms with van der Waals surface area (Å²) in [4.78, 5) is 11.2. The summed E-state index contributed by atoms with van der Waals surface area (Å²) in [6.07, 6.45) is 1.23. The number of ether oxygens (including phenoxy) is 1. The van der Waals surface area contributed by atoms with Crippen molar-refractivity contribution in [1.82, 2.24) is 0 Å². The third-order valence-electron chi connectivity index (χ3n) is 3.22. The molecule has 0 atom stereocenters. The molecular formula is C17H19O2PS2. The molecule has 0 fully saturated rings. The molecule has 2 rings (SSSR count). The lowest BCUT2D eigenvalue weighted by Crippen LogP contribution is -2.13.